The predicted molar refractivity (Wildman–Crippen MR) is 79.5 cm³/mol. The lowest BCUT2D eigenvalue weighted by atomic mass is 10.1. The molecule has 0 aliphatic rings. The molecule has 0 aliphatic carbocycles. The van der Waals surface area contributed by atoms with Crippen LogP contribution in [0.5, 0.6) is 5.75 Å². The molecule has 2 aromatic carbocycles. The average Bonchev–Trinajstić information content (AvgIpc) is 2.38. The van der Waals surface area contributed by atoms with Crippen LogP contribution in [0.4, 0.5) is 5.69 Å². The normalized spacial score (nSPS) is 13.3. The third-order valence-electron chi connectivity index (χ3n) is 3.00. The summed E-state index contributed by atoms with van der Waals surface area (Å²) in [7, 11) is -15.0. The highest BCUT2D eigenvalue weighted by atomic mass is 32.2. The van der Waals surface area contributed by atoms with Crippen molar-refractivity contribution >= 4 is 46.8 Å². The molecular weight excluding hydrogens is 390 g/mol. The van der Waals surface area contributed by atoms with Gasteiger partial charge in [0.05, 0.1) is 10.6 Å². The maximum Gasteiger partial charge on any atom is 0.296 e. The lowest BCUT2D eigenvalue weighted by Gasteiger charge is -2.12. The van der Waals surface area contributed by atoms with Crippen LogP contribution in [-0.2, 0) is 30.4 Å². The summed E-state index contributed by atoms with van der Waals surface area (Å²) in [6.07, 6.45) is 0. The van der Waals surface area contributed by atoms with E-state index in [2.05, 4.69) is 0 Å². The Morgan fingerprint density at radius 1 is 0.750 bits per heavy atom. The molecule has 2 rings (SSSR count). The molecule has 0 fully saturated rings. The van der Waals surface area contributed by atoms with Gasteiger partial charge in [-0.2, -0.15) is 25.3 Å². The number of aromatic hydroxyl groups is 1. The van der Waals surface area contributed by atoms with Crippen LogP contribution >= 0.6 is 0 Å². The number of nitrogen functional groups attached to an aromatic ring is 1. The van der Waals surface area contributed by atoms with Crippen molar-refractivity contribution in [2.75, 3.05) is 5.73 Å². The molecular formula is C10H9NO10S3. The van der Waals surface area contributed by atoms with Gasteiger partial charge in [-0.05, 0) is 23.6 Å². The number of nitrogens with two attached hydrogens (primary N) is 1. The molecule has 0 bridgehead atoms. The second-order valence-corrected chi connectivity index (χ2v) is 8.78. The molecule has 0 radical (unpaired) electrons. The van der Waals surface area contributed by atoms with Gasteiger partial charge in [0.15, 0.2) is 0 Å². The summed E-state index contributed by atoms with van der Waals surface area (Å²) < 4.78 is 95.1. The molecule has 0 saturated carbocycles. The number of phenols is 1. The minimum Gasteiger partial charge on any atom is -0.505 e. The van der Waals surface area contributed by atoms with Crippen LogP contribution in [0.2, 0.25) is 0 Å². The fraction of sp³-hybridized carbons (Fsp3) is 0. The molecule has 14 heteroatoms. The molecule has 0 aliphatic heterocycles. The number of anilines is 1. The van der Waals surface area contributed by atoms with Gasteiger partial charge >= 0.3 is 0 Å². The van der Waals surface area contributed by atoms with Crippen molar-refractivity contribution in [3.05, 3.63) is 18.2 Å². The van der Waals surface area contributed by atoms with Crippen molar-refractivity contribution in [3.63, 3.8) is 0 Å². The molecule has 132 valence electrons. The summed E-state index contributed by atoms with van der Waals surface area (Å²) in [6.45, 7) is 0. The van der Waals surface area contributed by atoms with E-state index in [1.165, 1.54) is 0 Å². The number of fused-ring (bicyclic) bond motifs is 1. The molecule has 0 heterocycles. The molecule has 11 nitrogen and oxygen atoms in total. The molecule has 0 atom stereocenters. The van der Waals surface area contributed by atoms with Crippen LogP contribution in [0, 0.1) is 0 Å². The van der Waals surface area contributed by atoms with E-state index in [1.54, 1.807) is 0 Å². The fourth-order valence-electron chi connectivity index (χ4n) is 2.01. The Bertz CT molecular complexity index is 1180. The summed E-state index contributed by atoms with van der Waals surface area (Å²) in [5, 5.41) is 8.71. The summed E-state index contributed by atoms with van der Waals surface area (Å²) in [5.41, 5.74) is 4.42. The first-order valence-corrected chi connectivity index (χ1v) is 9.97. The van der Waals surface area contributed by atoms with Crippen molar-refractivity contribution in [2.45, 2.75) is 14.7 Å². The van der Waals surface area contributed by atoms with Crippen LogP contribution in [0.3, 0.4) is 0 Å². The zero-order chi connectivity index (χ0) is 18.7. The van der Waals surface area contributed by atoms with Gasteiger partial charge in [-0.1, -0.05) is 0 Å². The van der Waals surface area contributed by atoms with Gasteiger partial charge in [0.2, 0.25) is 0 Å². The topological polar surface area (TPSA) is 209 Å². The Morgan fingerprint density at radius 3 is 1.67 bits per heavy atom. The van der Waals surface area contributed by atoms with E-state index in [1.807, 2.05) is 0 Å². The number of benzene rings is 2. The first-order valence-electron chi connectivity index (χ1n) is 5.65. The molecule has 0 spiro atoms. The van der Waals surface area contributed by atoms with Crippen LogP contribution in [-0.4, -0.2) is 44.0 Å². The van der Waals surface area contributed by atoms with Gasteiger partial charge in [-0.15, -0.1) is 0 Å². The van der Waals surface area contributed by atoms with E-state index in [0.717, 1.165) is 0 Å². The van der Waals surface area contributed by atoms with Crippen LogP contribution in [0.25, 0.3) is 10.8 Å². The van der Waals surface area contributed by atoms with E-state index >= 15 is 0 Å². The zero-order valence-electron chi connectivity index (χ0n) is 11.3. The van der Waals surface area contributed by atoms with Crippen LogP contribution < -0.4 is 5.73 Å². The number of rotatable bonds is 3. The van der Waals surface area contributed by atoms with Crippen LogP contribution in [0.1, 0.15) is 0 Å². The molecule has 0 aromatic heterocycles. The van der Waals surface area contributed by atoms with Crippen LogP contribution in [0.15, 0.2) is 32.9 Å². The summed E-state index contributed by atoms with van der Waals surface area (Å²) >= 11 is 0. The SMILES string of the molecule is Nc1c(S(=O)(=O)O)cc2cc(S(=O)(=O)O)cc(S(=O)(=O)O)c2c1O. The quantitative estimate of drug-likeness (QED) is 0.260. The molecule has 6 N–H and O–H groups in total. The molecule has 0 amide bonds. The van der Waals surface area contributed by atoms with Gasteiger partial charge < -0.3 is 10.8 Å². The van der Waals surface area contributed by atoms with E-state index in [4.69, 9.17) is 14.8 Å². The second kappa shape index (κ2) is 5.27. The number of hydrogen-bond acceptors (Lipinski definition) is 8. The molecule has 0 saturated heterocycles. The van der Waals surface area contributed by atoms with Gasteiger partial charge in [-0.25, -0.2) is 0 Å². The summed E-state index contributed by atoms with van der Waals surface area (Å²) in [6, 6.07) is 1.54. The first-order chi connectivity index (χ1) is 10.6. The zero-order valence-corrected chi connectivity index (χ0v) is 13.7. The van der Waals surface area contributed by atoms with Gasteiger partial charge in [0.1, 0.15) is 15.5 Å². The van der Waals surface area contributed by atoms with E-state index in [0.29, 0.717) is 18.2 Å². The summed E-state index contributed by atoms with van der Waals surface area (Å²) in [4.78, 5) is -3.17. The van der Waals surface area contributed by atoms with Crippen molar-refractivity contribution in [1.29, 1.82) is 0 Å². The van der Waals surface area contributed by atoms with Gasteiger partial charge in [0.25, 0.3) is 30.4 Å². The van der Waals surface area contributed by atoms with Crippen molar-refractivity contribution < 1.29 is 44.0 Å². The summed E-state index contributed by atoms with van der Waals surface area (Å²) in [5.74, 6) is -1.13. The van der Waals surface area contributed by atoms with Crippen molar-refractivity contribution in [1.82, 2.24) is 0 Å². The Morgan fingerprint density at radius 2 is 1.25 bits per heavy atom. The second-order valence-electron chi connectivity index (χ2n) is 4.58. The van der Waals surface area contributed by atoms with Gasteiger partial charge in [0, 0.05) is 5.39 Å². The molecule has 24 heavy (non-hydrogen) atoms. The van der Waals surface area contributed by atoms with E-state index in [9.17, 15) is 34.9 Å². The number of hydrogen-bond donors (Lipinski definition) is 5. The Labute approximate surface area is 135 Å². The molecule has 0 unspecified atom stereocenters. The largest absolute Gasteiger partial charge is 0.505 e. The minimum absolute atomic E-state index is 0.347. The Hall–Kier alpha value is -1.97. The van der Waals surface area contributed by atoms with Crippen molar-refractivity contribution in [2.24, 2.45) is 0 Å². The van der Waals surface area contributed by atoms with Crippen molar-refractivity contribution in [3.8, 4) is 5.75 Å². The maximum absolute atomic E-state index is 11.4. The smallest absolute Gasteiger partial charge is 0.296 e. The monoisotopic (exact) mass is 399 g/mol. The number of phenolic OH excluding ortho intramolecular Hbond substituents is 1. The lowest BCUT2D eigenvalue weighted by molar-refractivity contribution is 0.471. The highest BCUT2D eigenvalue weighted by Gasteiger charge is 2.27. The third-order valence-corrected chi connectivity index (χ3v) is 5.61. The lowest BCUT2D eigenvalue weighted by Crippen LogP contribution is -2.07. The standard InChI is InChI=1S/C10H9NO10S3/c11-9-7(24(19,20)21)2-4-1-5(22(13,14)15)3-6(23(16,17)18)8(4)10(9)12/h1-3,12H,11H2,(H,13,14,15)(H,16,17,18)(H,19,20,21). The third kappa shape index (κ3) is 3.14. The average molecular weight is 399 g/mol. The molecule has 2 aromatic rings. The highest BCUT2D eigenvalue weighted by molar-refractivity contribution is 7.87. The fourth-order valence-corrected chi connectivity index (χ4v) is 4.03. The highest BCUT2D eigenvalue weighted by Crippen LogP contribution is 2.40. The van der Waals surface area contributed by atoms with E-state index in [-0.39, 0.29) is 0 Å². The Kier molecular flexibility index (Phi) is 4.03. The maximum atomic E-state index is 11.4. The van der Waals surface area contributed by atoms with Gasteiger partial charge in [-0.3, -0.25) is 13.7 Å². The first kappa shape index (κ1) is 18.4. The Balaban J connectivity index is 3.21. The minimum atomic E-state index is -5.10. The van der Waals surface area contributed by atoms with E-state index < -0.39 is 67.3 Å². The predicted octanol–water partition coefficient (Wildman–Crippen LogP) is -0.132.